The molecule has 1 heterocycles. The van der Waals surface area contributed by atoms with Gasteiger partial charge in [0, 0.05) is 6.54 Å². The molecule has 1 fully saturated rings. The quantitative estimate of drug-likeness (QED) is 0.805. The largest absolute Gasteiger partial charge is 0.310 e. The lowest BCUT2D eigenvalue weighted by molar-refractivity contribution is -0.133. The van der Waals surface area contributed by atoms with E-state index in [1.165, 1.54) is 17.0 Å². The number of carbonyl (C=O) groups is 2. The van der Waals surface area contributed by atoms with Crippen molar-refractivity contribution in [3.63, 3.8) is 0 Å². The van der Waals surface area contributed by atoms with E-state index in [1.807, 2.05) is 0 Å². The molecule has 2 rings (SSSR count). The van der Waals surface area contributed by atoms with Crippen LogP contribution < -0.4 is 4.90 Å². The third-order valence-electron chi connectivity index (χ3n) is 3.30. The number of carbonyl (C=O) groups excluding carboxylic acids is 2. The molecule has 1 aromatic carbocycles. The Hall–Kier alpha value is -1.93. The smallest absolute Gasteiger partial charge is 0.237 e. The summed E-state index contributed by atoms with van der Waals surface area (Å²) in [6, 6.07) is 5.97. The molecule has 0 unspecified atom stereocenters. The molecule has 1 aliphatic heterocycles. The van der Waals surface area contributed by atoms with Gasteiger partial charge >= 0.3 is 0 Å². The Kier molecular flexibility index (Phi) is 4.35. The molecule has 104 valence electrons. The average molecular weight is 295 g/mol. The average Bonchev–Trinajstić information content (AvgIpc) is 2.43. The van der Waals surface area contributed by atoms with Crippen molar-refractivity contribution in [1.29, 1.82) is 5.26 Å². The summed E-state index contributed by atoms with van der Waals surface area (Å²) in [6.07, 6.45) is 0.740. The maximum Gasteiger partial charge on any atom is 0.237 e. The summed E-state index contributed by atoms with van der Waals surface area (Å²) in [5.41, 5.74) is 0.270. The van der Waals surface area contributed by atoms with Gasteiger partial charge in [-0.05, 0) is 25.0 Å². The first-order valence-electron chi connectivity index (χ1n) is 6.21. The highest BCUT2D eigenvalue weighted by Crippen LogP contribution is 2.32. The van der Waals surface area contributed by atoms with Gasteiger partial charge in [0.15, 0.2) is 5.78 Å². The predicted octanol–water partition coefficient (Wildman–Crippen LogP) is 2.70. The van der Waals surface area contributed by atoms with Crippen LogP contribution in [0.3, 0.4) is 0 Å². The monoisotopic (exact) mass is 294 g/mol. The van der Waals surface area contributed by atoms with Gasteiger partial charge in [-0.2, -0.15) is 5.26 Å². The number of amides is 1. The summed E-state index contributed by atoms with van der Waals surface area (Å²) in [7, 11) is 0. The summed E-state index contributed by atoms with van der Waals surface area (Å²) < 4.78 is 13.5. The van der Waals surface area contributed by atoms with E-state index < -0.39 is 23.4 Å². The number of Topliss-reactive ketones (excluding diaryl/α,β-unsaturated/α-hetero) is 1. The zero-order valence-electron chi connectivity index (χ0n) is 10.6. The number of hydrogen-bond acceptors (Lipinski definition) is 3. The van der Waals surface area contributed by atoms with Crippen molar-refractivity contribution in [2.45, 2.75) is 19.3 Å². The standard InChI is InChI=1S/C14H12ClFN2O2/c15-13-10(16)4-1-5-11(13)18-8-2-3-9(14(18)20)12(19)6-7-17/h1,4-5,9H,2-3,6,8H2/t9-/m0/s1. The number of benzene rings is 1. The highest BCUT2D eigenvalue weighted by molar-refractivity contribution is 6.34. The van der Waals surface area contributed by atoms with E-state index in [2.05, 4.69) is 0 Å². The first-order valence-corrected chi connectivity index (χ1v) is 6.59. The van der Waals surface area contributed by atoms with Crippen LogP contribution in [0.5, 0.6) is 0 Å². The zero-order chi connectivity index (χ0) is 14.7. The van der Waals surface area contributed by atoms with E-state index >= 15 is 0 Å². The van der Waals surface area contributed by atoms with E-state index in [1.54, 1.807) is 12.1 Å². The van der Waals surface area contributed by atoms with Crippen LogP contribution in [0.1, 0.15) is 19.3 Å². The molecule has 1 aromatic rings. The number of nitriles is 1. The van der Waals surface area contributed by atoms with E-state index in [0.717, 1.165) is 0 Å². The second-order valence-corrected chi connectivity index (χ2v) is 4.94. The molecule has 6 heteroatoms. The fraction of sp³-hybridized carbons (Fsp3) is 0.357. The molecule has 0 aromatic heterocycles. The second kappa shape index (κ2) is 6.02. The second-order valence-electron chi connectivity index (χ2n) is 4.56. The van der Waals surface area contributed by atoms with Gasteiger partial charge in [-0.3, -0.25) is 9.59 Å². The van der Waals surface area contributed by atoms with Crippen molar-refractivity contribution < 1.29 is 14.0 Å². The summed E-state index contributed by atoms with van der Waals surface area (Å²) in [5, 5.41) is 8.42. The van der Waals surface area contributed by atoms with Crippen LogP contribution in [0.2, 0.25) is 5.02 Å². The van der Waals surface area contributed by atoms with E-state index in [0.29, 0.717) is 19.4 Å². The van der Waals surface area contributed by atoms with Crippen LogP contribution >= 0.6 is 11.6 Å². The van der Waals surface area contributed by atoms with Crippen LogP contribution in [-0.4, -0.2) is 18.2 Å². The number of piperidine rings is 1. The topological polar surface area (TPSA) is 61.2 Å². The number of rotatable bonds is 3. The lowest BCUT2D eigenvalue weighted by Crippen LogP contribution is -2.44. The highest BCUT2D eigenvalue weighted by Gasteiger charge is 2.35. The number of ketones is 1. The highest BCUT2D eigenvalue weighted by atomic mass is 35.5. The van der Waals surface area contributed by atoms with Gasteiger partial charge < -0.3 is 4.90 Å². The van der Waals surface area contributed by atoms with Gasteiger partial charge in [0.25, 0.3) is 0 Å². The van der Waals surface area contributed by atoms with Gasteiger partial charge in [-0.25, -0.2) is 4.39 Å². The SMILES string of the molecule is N#CCC(=O)[C@@H]1CCCN(c2cccc(F)c2Cl)C1=O. The van der Waals surface area contributed by atoms with Gasteiger partial charge in [-0.1, -0.05) is 17.7 Å². The van der Waals surface area contributed by atoms with Crippen molar-refractivity contribution in [3.05, 3.63) is 29.0 Å². The number of anilines is 1. The third-order valence-corrected chi connectivity index (χ3v) is 3.68. The lowest BCUT2D eigenvalue weighted by Gasteiger charge is -2.32. The first kappa shape index (κ1) is 14.5. The Morgan fingerprint density at radius 2 is 2.30 bits per heavy atom. The Morgan fingerprint density at radius 3 is 3.00 bits per heavy atom. The minimum atomic E-state index is -0.831. The molecule has 0 N–H and O–H groups in total. The fourth-order valence-electron chi connectivity index (χ4n) is 2.32. The molecule has 1 saturated heterocycles. The summed E-state index contributed by atoms with van der Waals surface area (Å²) in [5.74, 6) is -2.25. The molecule has 1 aliphatic rings. The van der Waals surface area contributed by atoms with E-state index in [-0.39, 0.29) is 17.1 Å². The maximum atomic E-state index is 13.5. The Balaban J connectivity index is 2.29. The van der Waals surface area contributed by atoms with Crippen LogP contribution in [0.4, 0.5) is 10.1 Å². The third kappa shape index (κ3) is 2.66. The molecule has 0 spiro atoms. The number of hydrogen-bond donors (Lipinski definition) is 0. The number of halogens is 2. The molecular weight excluding hydrogens is 283 g/mol. The van der Waals surface area contributed by atoms with E-state index in [9.17, 15) is 14.0 Å². The summed E-state index contributed by atoms with van der Waals surface area (Å²) in [4.78, 5) is 25.4. The zero-order valence-corrected chi connectivity index (χ0v) is 11.4. The fourth-order valence-corrected chi connectivity index (χ4v) is 2.54. The van der Waals surface area contributed by atoms with Crippen LogP contribution in [-0.2, 0) is 9.59 Å². The van der Waals surface area contributed by atoms with Crippen molar-refractivity contribution in [2.75, 3.05) is 11.4 Å². The van der Waals surface area contributed by atoms with Crippen LogP contribution in [0.15, 0.2) is 18.2 Å². The molecule has 1 atom stereocenters. The molecule has 20 heavy (non-hydrogen) atoms. The van der Waals surface area contributed by atoms with Gasteiger partial charge in [-0.15, -0.1) is 0 Å². The van der Waals surface area contributed by atoms with Gasteiger partial charge in [0.1, 0.15) is 10.8 Å². The molecule has 0 saturated carbocycles. The van der Waals surface area contributed by atoms with Crippen molar-refractivity contribution in [2.24, 2.45) is 5.92 Å². The van der Waals surface area contributed by atoms with E-state index in [4.69, 9.17) is 16.9 Å². The van der Waals surface area contributed by atoms with Crippen molar-refractivity contribution in [1.82, 2.24) is 0 Å². The first-order chi connectivity index (χ1) is 9.56. The van der Waals surface area contributed by atoms with Gasteiger partial charge in [0.2, 0.25) is 5.91 Å². The summed E-state index contributed by atoms with van der Waals surface area (Å²) in [6.45, 7) is 0.387. The van der Waals surface area contributed by atoms with Crippen molar-refractivity contribution >= 4 is 29.0 Å². The molecule has 4 nitrogen and oxygen atoms in total. The predicted molar refractivity (Wildman–Crippen MR) is 71.7 cm³/mol. The minimum Gasteiger partial charge on any atom is -0.310 e. The molecule has 0 aliphatic carbocycles. The van der Waals surface area contributed by atoms with Gasteiger partial charge in [0.05, 0.1) is 24.1 Å². The van der Waals surface area contributed by atoms with Crippen LogP contribution in [0.25, 0.3) is 0 Å². The lowest BCUT2D eigenvalue weighted by atomic mass is 9.91. The minimum absolute atomic E-state index is 0.130. The Morgan fingerprint density at radius 1 is 1.55 bits per heavy atom. The normalized spacial score (nSPS) is 18.8. The molecule has 0 bridgehead atoms. The van der Waals surface area contributed by atoms with Crippen molar-refractivity contribution in [3.8, 4) is 6.07 Å². The molecule has 1 amide bonds. The molecular formula is C14H12ClFN2O2. The summed E-state index contributed by atoms with van der Waals surface area (Å²) >= 11 is 5.87. The number of nitrogens with zero attached hydrogens (tertiary/aromatic N) is 2. The maximum absolute atomic E-state index is 13.5. The van der Waals surface area contributed by atoms with Crippen LogP contribution in [0, 0.1) is 23.1 Å². The molecule has 0 radical (unpaired) electrons. The Bertz CT molecular complexity index is 597. The Labute approximate surface area is 120 Å².